The van der Waals surface area contributed by atoms with Crippen LogP contribution in [0.3, 0.4) is 0 Å². The molecule has 50 heavy (non-hydrogen) atoms. The SMILES string of the molecule is CCOC(C)=O.O=P(C1=C(P(=O)(c2ccccc2)c2ccccc2)C2c3ccccc3C1c1ccccc12)(c1ccccc1)c1ccccc1. The molecule has 0 heterocycles. The van der Waals surface area contributed by atoms with Crippen LogP contribution in [0.15, 0.2) is 180 Å². The Kier molecular flexibility index (Phi) is 9.43. The maximum absolute atomic E-state index is 16.5. The van der Waals surface area contributed by atoms with Crippen molar-refractivity contribution in [1.82, 2.24) is 0 Å². The first-order chi connectivity index (χ1) is 24.4. The third-order valence-corrected chi connectivity index (χ3v) is 16.2. The molecule has 2 bridgehead atoms. The van der Waals surface area contributed by atoms with Gasteiger partial charge in [-0.15, -0.1) is 0 Å². The van der Waals surface area contributed by atoms with Gasteiger partial charge in [-0.05, 0) is 29.2 Å². The molecule has 0 N–H and O–H groups in total. The molecule has 6 aromatic carbocycles. The Labute approximate surface area is 294 Å². The van der Waals surface area contributed by atoms with Crippen LogP contribution in [0, 0.1) is 0 Å². The summed E-state index contributed by atoms with van der Waals surface area (Å²) in [6.45, 7) is 3.65. The highest BCUT2D eigenvalue weighted by Crippen LogP contribution is 2.74. The summed E-state index contributed by atoms with van der Waals surface area (Å²) >= 11 is 0. The van der Waals surface area contributed by atoms with E-state index in [4.69, 9.17) is 0 Å². The molecule has 4 nitrogen and oxygen atoms in total. The molecule has 9 rings (SSSR count). The highest BCUT2D eigenvalue weighted by molar-refractivity contribution is 7.86. The van der Waals surface area contributed by atoms with Crippen LogP contribution in [0.4, 0.5) is 0 Å². The summed E-state index contributed by atoms with van der Waals surface area (Å²) in [5.74, 6) is -0.832. The smallest absolute Gasteiger partial charge is 0.302 e. The molecule has 3 aliphatic carbocycles. The molecule has 0 saturated heterocycles. The second kappa shape index (κ2) is 14.1. The molecule has 0 spiro atoms. The molecule has 0 unspecified atom stereocenters. The van der Waals surface area contributed by atoms with Crippen molar-refractivity contribution in [3.8, 4) is 0 Å². The van der Waals surface area contributed by atoms with Crippen molar-refractivity contribution in [2.75, 3.05) is 6.61 Å². The van der Waals surface area contributed by atoms with Gasteiger partial charge in [0.2, 0.25) is 0 Å². The van der Waals surface area contributed by atoms with Gasteiger partial charge in [0.1, 0.15) is 0 Å². The van der Waals surface area contributed by atoms with Gasteiger partial charge >= 0.3 is 5.97 Å². The number of rotatable bonds is 7. The summed E-state index contributed by atoms with van der Waals surface area (Å²) in [4.78, 5) is 9.82. The Balaban J connectivity index is 0.000000603. The van der Waals surface area contributed by atoms with E-state index < -0.39 is 14.3 Å². The minimum Gasteiger partial charge on any atom is -0.466 e. The fraction of sp³-hybridized carbons (Fsp3) is 0.114. The molecule has 0 amide bonds. The minimum atomic E-state index is -3.54. The second-order valence-electron chi connectivity index (χ2n) is 12.4. The zero-order valence-electron chi connectivity index (χ0n) is 28.1. The summed E-state index contributed by atoms with van der Waals surface area (Å²) in [5, 5.41) is 4.63. The molecule has 0 saturated carbocycles. The largest absolute Gasteiger partial charge is 0.466 e. The predicted octanol–water partition coefficient (Wildman–Crippen LogP) is 9.09. The Morgan fingerprint density at radius 2 is 0.700 bits per heavy atom. The van der Waals surface area contributed by atoms with Gasteiger partial charge in [-0.25, -0.2) is 0 Å². The van der Waals surface area contributed by atoms with E-state index in [1.807, 2.05) is 121 Å². The number of ether oxygens (including phenoxy) is 1. The summed E-state index contributed by atoms with van der Waals surface area (Å²) in [7, 11) is -7.08. The molecule has 3 aliphatic rings. The Morgan fingerprint density at radius 3 is 0.900 bits per heavy atom. The number of esters is 1. The maximum Gasteiger partial charge on any atom is 0.302 e. The van der Waals surface area contributed by atoms with E-state index in [0.29, 0.717) is 6.61 Å². The molecule has 6 heteroatoms. The van der Waals surface area contributed by atoms with Crippen LogP contribution in [0.1, 0.15) is 47.9 Å². The Hall–Kier alpha value is -5.01. The first-order valence-electron chi connectivity index (χ1n) is 16.9. The zero-order chi connectivity index (χ0) is 34.7. The summed E-state index contributed by atoms with van der Waals surface area (Å²) in [6.07, 6.45) is 0. The quantitative estimate of drug-likeness (QED) is 0.124. The van der Waals surface area contributed by atoms with Gasteiger partial charge in [0, 0.05) is 50.6 Å². The van der Waals surface area contributed by atoms with Gasteiger partial charge in [0.25, 0.3) is 0 Å². The van der Waals surface area contributed by atoms with Gasteiger partial charge in [-0.1, -0.05) is 170 Å². The van der Waals surface area contributed by atoms with Gasteiger partial charge in [0.15, 0.2) is 14.3 Å². The van der Waals surface area contributed by atoms with Crippen LogP contribution in [0.2, 0.25) is 0 Å². The maximum atomic E-state index is 16.5. The van der Waals surface area contributed by atoms with Crippen molar-refractivity contribution in [1.29, 1.82) is 0 Å². The van der Waals surface area contributed by atoms with Gasteiger partial charge in [0.05, 0.1) is 6.61 Å². The molecule has 0 aliphatic heterocycles. The highest BCUT2D eigenvalue weighted by atomic mass is 31.2. The van der Waals surface area contributed by atoms with Crippen molar-refractivity contribution >= 4 is 41.5 Å². The molecule has 0 fully saturated rings. The van der Waals surface area contributed by atoms with E-state index >= 15 is 9.13 Å². The van der Waals surface area contributed by atoms with Crippen LogP contribution < -0.4 is 21.2 Å². The van der Waals surface area contributed by atoms with E-state index in [-0.39, 0.29) is 17.8 Å². The summed E-state index contributed by atoms with van der Waals surface area (Å²) < 4.78 is 37.4. The average Bonchev–Trinajstić information content (AvgIpc) is 3.18. The molecule has 0 radical (unpaired) electrons. The van der Waals surface area contributed by atoms with Crippen molar-refractivity contribution in [3.63, 3.8) is 0 Å². The topological polar surface area (TPSA) is 60.4 Å². The fourth-order valence-corrected chi connectivity index (χ4v) is 14.7. The number of allylic oxidation sites excluding steroid dienone is 2. The first-order valence-corrected chi connectivity index (χ1v) is 20.3. The van der Waals surface area contributed by atoms with E-state index in [1.165, 1.54) is 6.92 Å². The van der Waals surface area contributed by atoms with Gasteiger partial charge in [-0.3, -0.25) is 4.79 Å². The minimum absolute atomic E-state index is 0.211. The third-order valence-electron chi connectivity index (χ3n) is 9.55. The predicted molar refractivity (Wildman–Crippen MR) is 205 cm³/mol. The normalized spacial score (nSPS) is 16.0. The second-order valence-corrected chi connectivity index (χ2v) is 17.8. The van der Waals surface area contributed by atoms with E-state index in [1.54, 1.807) is 6.92 Å². The third kappa shape index (κ3) is 5.63. The van der Waals surface area contributed by atoms with E-state index in [0.717, 1.165) is 54.1 Å². The molecular weight excluding hydrogens is 654 g/mol. The van der Waals surface area contributed by atoms with Crippen LogP contribution in [-0.2, 0) is 18.7 Å². The number of carbonyl (C=O) groups excluding carboxylic acids is 1. The lowest BCUT2D eigenvalue weighted by atomic mass is 9.67. The monoisotopic (exact) mass is 692 g/mol. The molecule has 6 aromatic rings. The Bertz CT molecular complexity index is 1980. The molecule has 248 valence electrons. The standard InChI is InChI=1S/C40H30O2P2.C4H8O2/c41-43(29-17-5-1-6-18-29,30-19-7-2-8-20-30)39-37-33-25-13-15-27-35(33)38(36-28-16-14-26-34(36)37)40(39)44(42,31-21-9-3-10-22-31)32-23-11-4-12-24-32;1-3-6-4(2)5/h1-28,37-38H;3H2,1-2H3. The molecule has 0 atom stereocenters. The number of hydrogen-bond donors (Lipinski definition) is 0. The van der Waals surface area contributed by atoms with Crippen molar-refractivity contribution in [2.24, 2.45) is 0 Å². The van der Waals surface area contributed by atoms with Crippen molar-refractivity contribution in [3.05, 3.63) is 203 Å². The summed E-state index contributed by atoms with van der Waals surface area (Å²) in [6, 6.07) is 56.4. The van der Waals surface area contributed by atoms with Crippen LogP contribution in [0.25, 0.3) is 0 Å². The van der Waals surface area contributed by atoms with Crippen LogP contribution >= 0.6 is 14.3 Å². The Morgan fingerprint density at radius 1 is 0.460 bits per heavy atom. The van der Waals surface area contributed by atoms with Crippen molar-refractivity contribution < 1.29 is 18.7 Å². The van der Waals surface area contributed by atoms with Crippen LogP contribution in [-0.4, -0.2) is 12.6 Å². The number of hydrogen-bond acceptors (Lipinski definition) is 4. The first kappa shape index (κ1) is 33.5. The van der Waals surface area contributed by atoms with Gasteiger partial charge < -0.3 is 13.9 Å². The number of carbonyl (C=O) groups is 1. The fourth-order valence-electron chi connectivity index (χ4n) is 7.59. The average molecular weight is 693 g/mol. The molecule has 0 aromatic heterocycles. The lowest BCUT2D eigenvalue weighted by Crippen LogP contribution is -2.34. The zero-order valence-corrected chi connectivity index (χ0v) is 29.8. The number of benzene rings is 6. The highest BCUT2D eigenvalue weighted by Gasteiger charge is 2.54. The molecular formula is C44H38O4P2. The van der Waals surface area contributed by atoms with Gasteiger partial charge in [-0.2, -0.15) is 0 Å². The van der Waals surface area contributed by atoms with E-state index in [2.05, 4.69) is 53.3 Å². The lowest BCUT2D eigenvalue weighted by molar-refractivity contribution is -0.140. The van der Waals surface area contributed by atoms with Crippen LogP contribution in [0.5, 0.6) is 0 Å². The summed E-state index contributed by atoms with van der Waals surface area (Å²) in [5.41, 5.74) is 4.59. The lowest BCUT2D eigenvalue weighted by Gasteiger charge is -2.47. The van der Waals surface area contributed by atoms with Crippen molar-refractivity contribution in [2.45, 2.75) is 25.7 Å². The van der Waals surface area contributed by atoms with E-state index in [9.17, 15) is 4.79 Å².